The molecule has 1 aliphatic rings. The van der Waals surface area contributed by atoms with Gasteiger partial charge in [0.2, 0.25) is 5.91 Å². The van der Waals surface area contributed by atoms with Crippen molar-refractivity contribution in [3.05, 3.63) is 46.9 Å². The standard InChI is InChI=1S/C23H27F3N2O4/c1-14-17(15(2)32-28-14)13-31-20-10-8-16(12-21(20)30-3)9-11-22(29)27-19-7-5-4-6-18(19)23(24,25)26/h8-12,18-19H,4-7,13H2,1-3H3,(H,27,29)/b11-9+. The minimum Gasteiger partial charge on any atom is -0.493 e. The van der Waals surface area contributed by atoms with Gasteiger partial charge in [-0.25, -0.2) is 0 Å². The first kappa shape index (κ1) is 23.7. The molecule has 1 heterocycles. The van der Waals surface area contributed by atoms with Crippen LogP contribution in [0.4, 0.5) is 13.2 Å². The fourth-order valence-electron chi connectivity index (χ4n) is 3.86. The molecule has 1 fully saturated rings. The number of benzene rings is 1. The molecule has 2 atom stereocenters. The summed E-state index contributed by atoms with van der Waals surface area (Å²) in [5.74, 6) is -0.405. The van der Waals surface area contributed by atoms with Gasteiger partial charge in [-0.3, -0.25) is 4.79 Å². The second-order valence-corrected chi connectivity index (χ2v) is 7.88. The van der Waals surface area contributed by atoms with Gasteiger partial charge in [-0.05, 0) is 50.5 Å². The van der Waals surface area contributed by atoms with Gasteiger partial charge in [-0.2, -0.15) is 13.2 Å². The Kier molecular flexibility index (Phi) is 7.48. The maximum Gasteiger partial charge on any atom is 0.393 e. The van der Waals surface area contributed by atoms with Crippen LogP contribution >= 0.6 is 0 Å². The zero-order valence-corrected chi connectivity index (χ0v) is 18.3. The number of carbonyl (C=O) groups excluding carboxylic acids is 1. The summed E-state index contributed by atoms with van der Waals surface area (Å²) in [5.41, 5.74) is 2.25. The lowest BCUT2D eigenvalue weighted by Gasteiger charge is -2.33. The number of nitrogens with zero attached hydrogens (tertiary/aromatic N) is 1. The number of amides is 1. The van der Waals surface area contributed by atoms with Crippen molar-refractivity contribution in [3.8, 4) is 11.5 Å². The topological polar surface area (TPSA) is 73.6 Å². The van der Waals surface area contributed by atoms with Crippen molar-refractivity contribution < 1.29 is 32.0 Å². The highest BCUT2D eigenvalue weighted by Gasteiger charge is 2.45. The molecule has 1 aliphatic carbocycles. The van der Waals surface area contributed by atoms with Crippen LogP contribution in [0, 0.1) is 19.8 Å². The number of alkyl halides is 3. The Labute approximate surface area is 184 Å². The average molecular weight is 452 g/mol. The van der Waals surface area contributed by atoms with Crippen LogP contribution in [-0.4, -0.2) is 30.4 Å². The number of ether oxygens (including phenoxy) is 2. The Bertz CT molecular complexity index is 949. The second kappa shape index (κ2) is 10.1. The molecule has 1 aromatic heterocycles. The summed E-state index contributed by atoms with van der Waals surface area (Å²) in [6, 6.07) is 4.23. The number of nitrogens with one attached hydrogen (secondary N) is 1. The molecule has 0 spiro atoms. The largest absolute Gasteiger partial charge is 0.493 e. The first-order valence-electron chi connectivity index (χ1n) is 10.5. The van der Waals surface area contributed by atoms with Crippen molar-refractivity contribution in [1.29, 1.82) is 0 Å². The van der Waals surface area contributed by atoms with E-state index in [2.05, 4.69) is 10.5 Å². The maximum atomic E-state index is 13.2. The molecule has 174 valence electrons. The number of halogens is 3. The van der Waals surface area contributed by atoms with Gasteiger partial charge in [0.25, 0.3) is 0 Å². The molecule has 3 rings (SSSR count). The number of aromatic nitrogens is 1. The third-order valence-corrected chi connectivity index (χ3v) is 5.68. The van der Waals surface area contributed by atoms with Crippen LogP contribution in [0.15, 0.2) is 28.8 Å². The van der Waals surface area contributed by atoms with Gasteiger partial charge in [-0.15, -0.1) is 0 Å². The number of hydrogen-bond donors (Lipinski definition) is 1. The molecule has 0 bridgehead atoms. The predicted molar refractivity (Wildman–Crippen MR) is 112 cm³/mol. The van der Waals surface area contributed by atoms with E-state index in [-0.39, 0.29) is 13.0 Å². The van der Waals surface area contributed by atoms with Crippen LogP contribution in [0.2, 0.25) is 0 Å². The summed E-state index contributed by atoms with van der Waals surface area (Å²) < 4.78 is 55.9. The number of aryl methyl sites for hydroxylation is 2. The van der Waals surface area contributed by atoms with Gasteiger partial charge in [0.15, 0.2) is 11.5 Å². The van der Waals surface area contributed by atoms with Crippen molar-refractivity contribution in [2.75, 3.05) is 7.11 Å². The summed E-state index contributed by atoms with van der Waals surface area (Å²) in [4.78, 5) is 12.2. The summed E-state index contributed by atoms with van der Waals surface area (Å²) in [6.07, 6.45) is 0.0294. The van der Waals surface area contributed by atoms with Crippen molar-refractivity contribution >= 4 is 12.0 Å². The molecular formula is C23H27F3N2O4. The van der Waals surface area contributed by atoms with Gasteiger partial charge in [0, 0.05) is 12.1 Å². The third kappa shape index (κ3) is 5.83. The van der Waals surface area contributed by atoms with E-state index < -0.39 is 24.0 Å². The Balaban J connectivity index is 1.63. The lowest BCUT2D eigenvalue weighted by atomic mass is 9.84. The molecule has 1 saturated carbocycles. The Morgan fingerprint density at radius 2 is 2.00 bits per heavy atom. The van der Waals surface area contributed by atoms with Crippen LogP contribution in [-0.2, 0) is 11.4 Å². The fourth-order valence-corrected chi connectivity index (χ4v) is 3.86. The number of rotatable bonds is 7. The van der Waals surface area contributed by atoms with Crippen molar-refractivity contribution in [3.63, 3.8) is 0 Å². The van der Waals surface area contributed by atoms with E-state index in [0.29, 0.717) is 42.1 Å². The van der Waals surface area contributed by atoms with Gasteiger partial charge < -0.3 is 19.3 Å². The summed E-state index contributed by atoms with van der Waals surface area (Å²) in [7, 11) is 1.50. The monoisotopic (exact) mass is 452 g/mol. The summed E-state index contributed by atoms with van der Waals surface area (Å²) in [6.45, 7) is 3.89. The van der Waals surface area contributed by atoms with E-state index in [9.17, 15) is 18.0 Å². The van der Waals surface area contributed by atoms with Gasteiger partial charge in [0.05, 0.1) is 24.3 Å². The fraction of sp³-hybridized carbons (Fsp3) is 0.478. The zero-order chi connectivity index (χ0) is 23.3. The normalized spacial score (nSPS) is 19.2. The molecule has 0 radical (unpaired) electrons. The van der Waals surface area contributed by atoms with Crippen LogP contribution in [0.3, 0.4) is 0 Å². The van der Waals surface area contributed by atoms with Crippen LogP contribution < -0.4 is 14.8 Å². The van der Waals surface area contributed by atoms with E-state index in [1.54, 1.807) is 25.1 Å². The number of carbonyl (C=O) groups is 1. The van der Waals surface area contributed by atoms with Gasteiger partial charge in [-0.1, -0.05) is 24.1 Å². The SMILES string of the molecule is COc1cc(/C=C/C(=O)NC2CCCCC2C(F)(F)F)ccc1OCc1c(C)noc1C. The Morgan fingerprint density at radius 1 is 1.25 bits per heavy atom. The maximum absolute atomic E-state index is 13.2. The van der Waals surface area contributed by atoms with Crippen molar-refractivity contribution in [2.45, 2.75) is 58.4 Å². The molecule has 2 unspecified atom stereocenters. The van der Waals surface area contributed by atoms with E-state index in [1.807, 2.05) is 6.92 Å². The van der Waals surface area contributed by atoms with E-state index in [0.717, 1.165) is 11.3 Å². The van der Waals surface area contributed by atoms with Crippen molar-refractivity contribution in [2.24, 2.45) is 5.92 Å². The molecule has 32 heavy (non-hydrogen) atoms. The zero-order valence-electron chi connectivity index (χ0n) is 18.3. The highest BCUT2D eigenvalue weighted by Crippen LogP contribution is 2.37. The molecule has 1 N–H and O–H groups in total. The Morgan fingerprint density at radius 3 is 2.66 bits per heavy atom. The first-order valence-corrected chi connectivity index (χ1v) is 10.5. The second-order valence-electron chi connectivity index (χ2n) is 7.88. The quantitative estimate of drug-likeness (QED) is 0.590. The molecule has 2 aromatic rings. The lowest BCUT2D eigenvalue weighted by molar-refractivity contribution is -0.188. The van der Waals surface area contributed by atoms with Crippen LogP contribution in [0.5, 0.6) is 11.5 Å². The average Bonchev–Trinajstić information content (AvgIpc) is 3.08. The summed E-state index contributed by atoms with van der Waals surface area (Å²) in [5, 5.41) is 6.41. The molecular weight excluding hydrogens is 425 g/mol. The van der Waals surface area contributed by atoms with E-state index in [1.165, 1.54) is 19.3 Å². The van der Waals surface area contributed by atoms with Gasteiger partial charge in [0.1, 0.15) is 12.4 Å². The number of methoxy groups -OCH3 is 1. The number of hydrogen-bond acceptors (Lipinski definition) is 5. The van der Waals surface area contributed by atoms with Crippen molar-refractivity contribution in [1.82, 2.24) is 10.5 Å². The third-order valence-electron chi connectivity index (χ3n) is 5.68. The molecule has 0 aliphatic heterocycles. The molecule has 9 heteroatoms. The minimum atomic E-state index is -4.31. The minimum absolute atomic E-state index is 0.0464. The molecule has 0 saturated heterocycles. The first-order chi connectivity index (χ1) is 15.2. The highest BCUT2D eigenvalue weighted by molar-refractivity contribution is 5.92. The summed E-state index contributed by atoms with van der Waals surface area (Å²) >= 11 is 0. The molecule has 1 amide bonds. The van der Waals surface area contributed by atoms with E-state index in [4.69, 9.17) is 14.0 Å². The van der Waals surface area contributed by atoms with Gasteiger partial charge >= 0.3 is 6.18 Å². The van der Waals surface area contributed by atoms with E-state index >= 15 is 0 Å². The molecule has 1 aromatic carbocycles. The Hall–Kier alpha value is -2.97. The molecule has 6 nitrogen and oxygen atoms in total. The highest BCUT2D eigenvalue weighted by atomic mass is 19.4. The van der Waals surface area contributed by atoms with Crippen LogP contribution in [0.1, 0.15) is 48.3 Å². The smallest absolute Gasteiger partial charge is 0.393 e. The van der Waals surface area contributed by atoms with Crippen LogP contribution in [0.25, 0.3) is 6.08 Å². The predicted octanol–water partition coefficient (Wildman–Crippen LogP) is 5.13. The lowest BCUT2D eigenvalue weighted by Crippen LogP contribution is -2.47.